The number of carbonyl (C=O) groups excluding carboxylic acids is 1. The van der Waals surface area contributed by atoms with Crippen LogP contribution in [0.5, 0.6) is 0 Å². The zero-order chi connectivity index (χ0) is 18.6. The highest BCUT2D eigenvalue weighted by molar-refractivity contribution is 7.46. The molecule has 1 atom stereocenters. The fourth-order valence-corrected chi connectivity index (χ4v) is 3.93. The summed E-state index contributed by atoms with van der Waals surface area (Å²) in [6.45, 7) is -0.282. The molecule has 3 rings (SSSR count). The second kappa shape index (κ2) is 8.12. The molecule has 0 unspecified atom stereocenters. The molecule has 1 heterocycles. The molecule has 0 fully saturated rings. The quantitative estimate of drug-likeness (QED) is 0.537. The molecule has 0 radical (unpaired) electrons. The van der Waals surface area contributed by atoms with Crippen LogP contribution in [0, 0.1) is 0 Å². The highest BCUT2D eigenvalue weighted by Crippen LogP contribution is 2.36. The predicted octanol–water partition coefficient (Wildman–Crippen LogP) is 3.35. The Labute approximate surface area is 154 Å². The number of hydrogen-bond acceptors (Lipinski definition) is 4. The van der Waals surface area contributed by atoms with Gasteiger partial charge in [0.05, 0.1) is 17.5 Å². The van der Waals surface area contributed by atoms with Gasteiger partial charge in [-0.25, -0.2) is 4.57 Å². The molecule has 0 aliphatic heterocycles. The van der Waals surface area contributed by atoms with Crippen LogP contribution >= 0.6 is 19.2 Å². The van der Waals surface area contributed by atoms with Crippen LogP contribution in [0.25, 0.3) is 10.1 Å². The third-order valence-electron chi connectivity index (χ3n) is 3.75. The molecule has 0 saturated carbocycles. The first-order valence-electron chi connectivity index (χ1n) is 7.94. The molecule has 0 spiro atoms. The molecule has 0 bridgehead atoms. The SMILES string of the molecule is O=C(N[C@H](COP(=O)(O)O)Cc1ccccc1)c1cc2ccccc2s1. The van der Waals surface area contributed by atoms with Gasteiger partial charge in [-0.2, -0.15) is 0 Å². The number of amides is 1. The van der Waals surface area contributed by atoms with Gasteiger partial charge in [0.15, 0.2) is 0 Å². The number of phosphoric ester groups is 1. The molecule has 0 aliphatic rings. The zero-order valence-corrected chi connectivity index (χ0v) is 15.5. The lowest BCUT2D eigenvalue weighted by Gasteiger charge is -2.19. The van der Waals surface area contributed by atoms with Crippen LogP contribution in [-0.2, 0) is 15.5 Å². The van der Waals surface area contributed by atoms with Crippen LogP contribution in [0.3, 0.4) is 0 Å². The Bertz CT molecular complexity index is 904. The Balaban J connectivity index is 1.74. The van der Waals surface area contributed by atoms with Crippen LogP contribution in [0.15, 0.2) is 60.7 Å². The van der Waals surface area contributed by atoms with Crippen molar-refractivity contribution in [3.05, 3.63) is 71.1 Å². The van der Waals surface area contributed by atoms with E-state index in [1.54, 1.807) is 6.07 Å². The number of phosphoric acid groups is 1. The predicted molar refractivity (Wildman–Crippen MR) is 101 cm³/mol. The number of benzene rings is 2. The summed E-state index contributed by atoms with van der Waals surface area (Å²) in [5.41, 5.74) is 0.934. The van der Waals surface area contributed by atoms with Gasteiger partial charge in [-0.1, -0.05) is 48.5 Å². The molecule has 8 heteroatoms. The Kier molecular flexibility index (Phi) is 5.86. The first-order chi connectivity index (χ1) is 12.4. The van der Waals surface area contributed by atoms with Crippen molar-refractivity contribution >= 4 is 35.2 Å². The molecular weight excluding hydrogens is 373 g/mol. The Morgan fingerprint density at radius 3 is 2.50 bits per heavy atom. The minimum atomic E-state index is -4.61. The number of hydrogen-bond donors (Lipinski definition) is 3. The van der Waals surface area contributed by atoms with E-state index in [2.05, 4.69) is 9.84 Å². The monoisotopic (exact) mass is 391 g/mol. The molecule has 1 amide bonds. The lowest BCUT2D eigenvalue weighted by atomic mass is 10.1. The molecule has 3 N–H and O–H groups in total. The van der Waals surface area contributed by atoms with E-state index in [1.165, 1.54) is 11.3 Å². The van der Waals surface area contributed by atoms with Crippen molar-refractivity contribution in [2.24, 2.45) is 0 Å². The summed E-state index contributed by atoms with van der Waals surface area (Å²) in [5, 5.41) is 3.80. The highest BCUT2D eigenvalue weighted by atomic mass is 32.1. The average molecular weight is 391 g/mol. The Hall–Kier alpha value is -2.02. The summed E-state index contributed by atoms with van der Waals surface area (Å²) in [5.74, 6) is -0.290. The Morgan fingerprint density at radius 2 is 1.81 bits per heavy atom. The standard InChI is InChI=1S/C18H18NO5PS/c20-18(17-11-14-8-4-5-9-16(14)26-17)19-15(12-24-25(21,22)23)10-13-6-2-1-3-7-13/h1-9,11,15H,10,12H2,(H,19,20)(H2,21,22,23)/t15-/m0/s1. The van der Waals surface area contributed by atoms with Gasteiger partial charge >= 0.3 is 7.82 Å². The zero-order valence-electron chi connectivity index (χ0n) is 13.7. The summed E-state index contributed by atoms with van der Waals surface area (Å²) in [6.07, 6.45) is 0.400. The number of thiophene rings is 1. The van der Waals surface area contributed by atoms with E-state index in [1.807, 2.05) is 54.6 Å². The molecule has 2 aromatic carbocycles. The molecule has 136 valence electrons. The van der Waals surface area contributed by atoms with Gasteiger partial charge in [-0.05, 0) is 29.5 Å². The fraction of sp³-hybridized carbons (Fsp3) is 0.167. The lowest BCUT2D eigenvalue weighted by Crippen LogP contribution is -2.39. The van der Waals surface area contributed by atoms with E-state index in [-0.39, 0.29) is 12.5 Å². The molecule has 6 nitrogen and oxygen atoms in total. The number of rotatable bonds is 7. The molecule has 0 aliphatic carbocycles. The van der Waals surface area contributed by atoms with Crippen molar-refractivity contribution in [3.8, 4) is 0 Å². The number of carbonyl (C=O) groups is 1. The maximum Gasteiger partial charge on any atom is 0.469 e. The van der Waals surface area contributed by atoms with Crippen molar-refractivity contribution in [2.45, 2.75) is 12.5 Å². The molecule has 26 heavy (non-hydrogen) atoms. The first-order valence-corrected chi connectivity index (χ1v) is 10.3. The summed E-state index contributed by atoms with van der Waals surface area (Å²) < 4.78 is 16.6. The van der Waals surface area contributed by atoms with Gasteiger partial charge in [0.1, 0.15) is 0 Å². The highest BCUT2D eigenvalue weighted by Gasteiger charge is 2.21. The normalized spacial score (nSPS) is 12.8. The lowest BCUT2D eigenvalue weighted by molar-refractivity contribution is 0.0913. The van der Waals surface area contributed by atoms with E-state index < -0.39 is 13.9 Å². The first kappa shape index (κ1) is 18.8. The summed E-state index contributed by atoms with van der Waals surface area (Å²) in [4.78, 5) is 31.0. The van der Waals surface area contributed by atoms with Crippen molar-refractivity contribution in [2.75, 3.05) is 6.61 Å². The smallest absolute Gasteiger partial charge is 0.346 e. The topological polar surface area (TPSA) is 95.9 Å². The van der Waals surface area contributed by atoms with Gasteiger partial charge in [-0.3, -0.25) is 9.32 Å². The number of fused-ring (bicyclic) bond motifs is 1. The molecule has 3 aromatic rings. The van der Waals surface area contributed by atoms with E-state index in [0.29, 0.717) is 11.3 Å². The Morgan fingerprint density at radius 1 is 1.12 bits per heavy atom. The summed E-state index contributed by atoms with van der Waals surface area (Å²) >= 11 is 1.37. The van der Waals surface area contributed by atoms with Crippen LogP contribution in [0.2, 0.25) is 0 Å². The van der Waals surface area contributed by atoms with Crippen molar-refractivity contribution in [1.29, 1.82) is 0 Å². The van der Waals surface area contributed by atoms with E-state index >= 15 is 0 Å². The fourth-order valence-electron chi connectivity index (χ4n) is 2.59. The van der Waals surface area contributed by atoms with E-state index in [0.717, 1.165) is 15.6 Å². The third kappa shape index (κ3) is 5.24. The summed E-state index contributed by atoms with van der Waals surface area (Å²) in [7, 11) is -4.61. The van der Waals surface area contributed by atoms with E-state index in [9.17, 15) is 9.36 Å². The van der Waals surface area contributed by atoms with Crippen molar-refractivity contribution in [3.63, 3.8) is 0 Å². The minimum absolute atomic E-state index is 0.282. The van der Waals surface area contributed by atoms with Gasteiger partial charge in [0, 0.05) is 4.70 Å². The van der Waals surface area contributed by atoms with Gasteiger partial charge in [0.2, 0.25) is 0 Å². The molecule has 1 aromatic heterocycles. The minimum Gasteiger partial charge on any atom is -0.346 e. The van der Waals surface area contributed by atoms with Gasteiger partial charge < -0.3 is 15.1 Å². The second-order valence-corrected chi connectivity index (χ2v) is 8.12. The molecule has 0 saturated heterocycles. The van der Waals surface area contributed by atoms with Crippen LogP contribution in [0.1, 0.15) is 15.2 Å². The largest absolute Gasteiger partial charge is 0.469 e. The van der Waals surface area contributed by atoms with Gasteiger partial charge in [-0.15, -0.1) is 11.3 Å². The van der Waals surface area contributed by atoms with Crippen molar-refractivity contribution in [1.82, 2.24) is 5.32 Å². The van der Waals surface area contributed by atoms with Crippen molar-refractivity contribution < 1.29 is 23.7 Å². The number of nitrogens with one attached hydrogen (secondary N) is 1. The van der Waals surface area contributed by atoms with Crippen LogP contribution in [0.4, 0.5) is 0 Å². The van der Waals surface area contributed by atoms with Crippen LogP contribution in [-0.4, -0.2) is 28.3 Å². The third-order valence-corrected chi connectivity index (χ3v) is 5.35. The average Bonchev–Trinajstić information content (AvgIpc) is 3.04. The second-order valence-electron chi connectivity index (χ2n) is 5.79. The maximum absolute atomic E-state index is 12.6. The van der Waals surface area contributed by atoms with E-state index in [4.69, 9.17) is 9.79 Å². The maximum atomic E-state index is 12.6. The van der Waals surface area contributed by atoms with Crippen LogP contribution < -0.4 is 5.32 Å². The van der Waals surface area contributed by atoms with Gasteiger partial charge in [0.25, 0.3) is 5.91 Å². The summed E-state index contributed by atoms with van der Waals surface area (Å²) in [6, 6.07) is 18.3. The molecular formula is C18H18NO5PS.